The van der Waals surface area contributed by atoms with Crippen LogP contribution in [-0.2, 0) is 4.79 Å². The van der Waals surface area contributed by atoms with Crippen LogP contribution in [0.1, 0.15) is 48.0 Å². The van der Waals surface area contributed by atoms with Gasteiger partial charge in [0.2, 0.25) is 21.9 Å². The third kappa shape index (κ3) is 5.29. The van der Waals surface area contributed by atoms with E-state index in [-0.39, 0.29) is 22.7 Å². The molecule has 0 aromatic carbocycles. The van der Waals surface area contributed by atoms with Gasteiger partial charge in [0.05, 0.1) is 0 Å². The van der Waals surface area contributed by atoms with Crippen LogP contribution in [0.5, 0.6) is 0 Å². The molecule has 0 spiro atoms. The molecule has 0 aromatic rings. The molecule has 0 radical (unpaired) electrons. The lowest BCUT2D eigenvalue weighted by molar-refractivity contribution is -0.132. The highest BCUT2D eigenvalue weighted by atomic mass is 16.2. The van der Waals surface area contributed by atoms with Gasteiger partial charge < -0.3 is 4.72 Å². The molecule has 0 heterocycles. The lowest BCUT2D eigenvalue weighted by Gasteiger charge is -2.36. The second-order valence-corrected chi connectivity index (χ2v) is 6.92. The van der Waals surface area contributed by atoms with Crippen molar-refractivity contribution in [3.63, 3.8) is 0 Å². The van der Waals surface area contributed by atoms with Gasteiger partial charge in [0, 0.05) is 5.92 Å². The van der Waals surface area contributed by atoms with E-state index in [0.717, 1.165) is 6.42 Å². The van der Waals surface area contributed by atoms with Gasteiger partial charge in [0.1, 0.15) is 0 Å². The summed E-state index contributed by atoms with van der Waals surface area (Å²) >= 11 is 0. The van der Waals surface area contributed by atoms with Gasteiger partial charge in [-0.2, -0.15) is 0 Å². The van der Waals surface area contributed by atoms with Crippen molar-refractivity contribution < 1.29 is 4.79 Å². The van der Waals surface area contributed by atoms with E-state index in [9.17, 15) is 4.79 Å². The second kappa shape index (κ2) is 4.63. The number of nitrogens with zero attached hydrogens (tertiary/aromatic N) is 1. The fourth-order valence-electron chi connectivity index (χ4n) is 1.69. The zero-order chi connectivity index (χ0) is 12.4. The van der Waals surface area contributed by atoms with Gasteiger partial charge in [0.15, 0.2) is 0 Å². The molecule has 1 amide bonds. The van der Waals surface area contributed by atoms with Crippen molar-refractivity contribution >= 4 is 21.9 Å². The van der Waals surface area contributed by atoms with E-state index in [1.807, 2.05) is 16.0 Å². The first kappa shape index (κ1) is 14.6. The minimum atomic E-state index is 0.0363. The Morgan fingerprint density at radius 2 is 1.53 bits per heavy atom. The molecular weight excluding hydrogens is 184 g/mol. The van der Waals surface area contributed by atoms with Gasteiger partial charge in [-0.05, 0) is 17.3 Å². The number of hydrogen-bond donors (Lipinski definition) is 0. The lowest BCUT2D eigenvalue weighted by atomic mass is 9.71. The molecule has 0 bridgehead atoms. The molecule has 0 aromatic heterocycles. The number of amides is 1. The molecule has 0 aliphatic heterocycles. The van der Waals surface area contributed by atoms with E-state index in [4.69, 9.17) is 0 Å². The average Bonchev–Trinajstić information content (AvgIpc) is 1.94. The molecule has 0 fully saturated rings. The van der Waals surface area contributed by atoms with Crippen LogP contribution in [0.4, 0.5) is 0 Å². The largest absolute Gasteiger partial charge is 0.443 e. The topological polar surface area (TPSA) is 20.3 Å². The Balaban J connectivity index is 4.84. The number of carbonyl (C=O) groups excluding carboxylic acids is 1. The molecule has 0 aliphatic carbocycles. The fraction of sp³-hybridized carbons (Fsp3) is 0.909. The summed E-state index contributed by atoms with van der Waals surface area (Å²) in [7, 11) is 3.67. The monoisotopic (exact) mass is 209 g/mol. The van der Waals surface area contributed by atoms with Gasteiger partial charge in [-0.15, -0.1) is 0 Å². The Bertz CT molecular complexity index is 226. The highest BCUT2D eigenvalue weighted by Gasteiger charge is 2.34. The summed E-state index contributed by atoms with van der Waals surface area (Å²) in [5.41, 5.74) is 0.234. The maximum atomic E-state index is 12.1. The van der Waals surface area contributed by atoms with Crippen LogP contribution in [0, 0.1) is 16.7 Å². The Kier molecular flexibility index (Phi) is 4.50. The standard InChI is InChI=1S/C11H25B2NO/c1-10(2,3)7-8(11(4,5)6)9(15)14(12)13/h8H,7,12-13H2,1-6H3. The van der Waals surface area contributed by atoms with E-state index < -0.39 is 0 Å². The van der Waals surface area contributed by atoms with Crippen molar-refractivity contribution in [2.75, 3.05) is 0 Å². The molecule has 0 rings (SSSR count). The molecule has 4 heteroatoms. The molecule has 0 aliphatic rings. The highest BCUT2D eigenvalue weighted by molar-refractivity contribution is 6.34. The van der Waals surface area contributed by atoms with Gasteiger partial charge >= 0.3 is 0 Å². The van der Waals surface area contributed by atoms with E-state index >= 15 is 0 Å². The maximum absolute atomic E-state index is 12.1. The Morgan fingerprint density at radius 1 is 1.13 bits per heavy atom. The summed E-state index contributed by atoms with van der Waals surface area (Å²) in [6, 6.07) is 0. The fourth-order valence-corrected chi connectivity index (χ4v) is 1.69. The second-order valence-electron chi connectivity index (χ2n) is 6.92. The van der Waals surface area contributed by atoms with Crippen LogP contribution >= 0.6 is 0 Å². The van der Waals surface area contributed by atoms with Crippen molar-refractivity contribution in [2.45, 2.75) is 48.0 Å². The average molecular weight is 209 g/mol. The van der Waals surface area contributed by atoms with Gasteiger partial charge in [-0.25, -0.2) is 0 Å². The molecule has 1 unspecified atom stereocenters. The Morgan fingerprint density at radius 3 is 1.73 bits per heavy atom. The summed E-state index contributed by atoms with van der Waals surface area (Å²) in [4.78, 5) is 12.1. The minimum absolute atomic E-state index is 0.0363. The number of hydrogen-bond acceptors (Lipinski definition) is 1. The summed E-state index contributed by atoms with van der Waals surface area (Å²) in [6.45, 7) is 13.0. The molecule has 0 saturated carbocycles. The number of carbonyl (C=O) groups is 1. The molecule has 0 saturated heterocycles. The number of rotatable bonds is 2. The van der Waals surface area contributed by atoms with Gasteiger partial charge in [-0.3, -0.25) is 4.79 Å². The summed E-state index contributed by atoms with van der Waals surface area (Å²) in [6.07, 6.45) is 0.938. The zero-order valence-electron chi connectivity index (χ0n) is 11.6. The van der Waals surface area contributed by atoms with Crippen LogP contribution in [0.2, 0.25) is 0 Å². The smallest absolute Gasteiger partial charge is 0.205 e. The third-order valence-electron chi connectivity index (χ3n) is 2.60. The SMILES string of the molecule is BN(B)C(=O)C(CC(C)(C)C)C(C)(C)C. The molecular formula is C11H25B2NO. The van der Waals surface area contributed by atoms with E-state index in [2.05, 4.69) is 41.5 Å². The quantitative estimate of drug-likeness (QED) is 0.621. The zero-order valence-corrected chi connectivity index (χ0v) is 11.6. The third-order valence-corrected chi connectivity index (χ3v) is 2.60. The molecule has 1 atom stereocenters. The molecule has 0 N–H and O–H groups in total. The summed E-state index contributed by atoms with van der Waals surface area (Å²) in [5.74, 6) is 0.352. The van der Waals surface area contributed by atoms with Crippen LogP contribution in [0.25, 0.3) is 0 Å². The predicted octanol–water partition coefficient (Wildman–Crippen LogP) is 1.01. The van der Waals surface area contributed by atoms with Gasteiger partial charge in [0.25, 0.3) is 0 Å². The lowest BCUT2D eigenvalue weighted by Crippen LogP contribution is -2.40. The minimum Gasteiger partial charge on any atom is -0.443 e. The van der Waals surface area contributed by atoms with Crippen molar-refractivity contribution in [1.29, 1.82) is 0 Å². The van der Waals surface area contributed by atoms with Crippen molar-refractivity contribution in [2.24, 2.45) is 16.7 Å². The first-order valence-electron chi connectivity index (χ1n) is 5.66. The van der Waals surface area contributed by atoms with Crippen LogP contribution in [-0.4, -0.2) is 26.6 Å². The van der Waals surface area contributed by atoms with Crippen molar-refractivity contribution in [1.82, 2.24) is 4.72 Å². The normalized spacial score (nSPS) is 14.8. The molecule has 86 valence electrons. The predicted molar refractivity (Wildman–Crippen MR) is 71.0 cm³/mol. The van der Waals surface area contributed by atoms with Crippen molar-refractivity contribution in [3.8, 4) is 0 Å². The van der Waals surface area contributed by atoms with E-state index in [1.54, 1.807) is 4.72 Å². The molecule has 2 nitrogen and oxygen atoms in total. The Labute approximate surface area is 96.7 Å². The van der Waals surface area contributed by atoms with Crippen molar-refractivity contribution in [3.05, 3.63) is 0 Å². The van der Waals surface area contributed by atoms with E-state index in [1.165, 1.54) is 0 Å². The maximum Gasteiger partial charge on any atom is 0.205 e. The highest BCUT2D eigenvalue weighted by Crippen LogP contribution is 2.36. The van der Waals surface area contributed by atoms with Crippen LogP contribution in [0.3, 0.4) is 0 Å². The first-order valence-corrected chi connectivity index (χ1v) is 5.66. The summed E-state index contributed by atoms with van der Waals surface area (Å²) in [5, 5.41) is 0. The van der Waals surface area contributed by atoms with E-state index in [0.29, 0.717) is 0 Å². The first-order chi connectivity index (χ1) is 6.45. The Hall–Kier alpha value is -0.400. The summed E-state index contributed by atoms with van der Waals surface area (Å²) < 4.78 is 1.71. The van der Waals surface area contributed by atoms with Crippen LogP contribution < -0.4 is 0 Å². The van der Waals surface area contributed by atoms with Crippen LogP contribution in [0.15, 0.2) is 0 Å². The van der Waals surface area contributed by atoms with Gasteiger partial charge in [-0.1, -0.05) is 41.5 Å². The molecule has 15 heavy (non-hydrogen) atoms.